The second-order valence-corrected chi connectivity index (χ2v) is 6.71. The Kier molecular flexibility index (Phi) is 5.00. The van der Waals surface area contributed by atoms with Crippen molar-refractivity contribution < 1.29 is 9.59 Å². The predicted octanol–water partition coefficient (Wildman–Crippen LogP) is 4.00. The van der Waals surface area contributed by atoms with Gasteiger partial charge in [-0.3, -0.25) is 9.59 Å². The maximum absolute atomic E-state index is 12.5. The molecule has 124 valence electrons. The van der Waals surface area contributed by atoms with Crippen LogP contribution in [0.3, 0.4) is 0 Å². The molecule has 0 bridgehead atoms. The number of hydrogen-bond acceptors (Lipinski definition) is 2. The minimum absolute atomic E-state index is 0.00294. The Morgan fingerprint density at radius 2 is 1.92 bits per heavy atom. The van der Waals surface area contributed by atoms with E-state index in [1.165, 1.54) is 0 Å². The minimum atomic E-state index is -0.338. The molecule has 0 saturated carbocycles. The molecule has 2 aromatic carbocycles. The molecule has 4 nitrogen and oxygen atoms in total. The molecule has 1 aliphatic heterocycles. The summed E-state index contributed by atoms with van der Waals surface area (Å²) in [6, 6.07) is 15.3. The highest BCUT2D eigenvalue weighted by Crippen LogP contribution is 2.30. The molecule has 0 aliphatic carbocycles. The lowest BCUT2D eigenvalue weighted by atomic mass is 10.1. The summed E-state index contributed by atoms with van der Waals surface area (Å²) in [6.07, 6.45) is 1.10. The topological polar surface area (TPSA) is 49.4 Å². The van der Waals surface area contributed by atoms with Crippen molar-refractivity contribution in [1.29, 1.82) is 0 Å². The monoisotopic (exact) mass is 386 g/mol. The van der Waals surface area contributed by atoms with Crippen LogP contribution >= 0.6 is 15.9 Å². The first kappa shape index (κ1) is 16.7. The summed E-state index contributed by atoms with van der Waals surface area (Å²) >= 11 is 3.42. The lowest BCUT2D eigenvalue weighted by molar-refractivity contribution is -0.122. The highest BCUT2D eigenvalue weighted by molar-refractivity contribution is 9.10. The van der Waals surface area contributed by atoms with Gasteiger partial charge in [-0.05, 0) is 46.1 Å². The number of halogens is 1. The van der Waals surface area contributed by atoms with E-state index in [0.29, 0.717) is 6.54 Å². The van der Waals surface area contributed by atoms with Crippen LogP contribution in [0, 0.1) is 5.92 Å². The number of para-hydroxylation sites is 2. The van der Waals surface area contributed by atoms with E-state index in [-0.39, 0.29) is 24.2 Å². The van der Waals surface area contributed by atoms with Crippen molar-refractivity contribution >= 4 is 39.1 Å². The van der Waals surface area contributed by atoms with Crippen LogP contribution < -0.4 is 10.2 Å². The molecule has 1 atom stereocenters. The first-order chi connectivity index (χ1) is 11.6. The van der Waals surface area contributed by atoms with Gasteiger partial charge in [0.2, 0.25) is 11.8 Å². The van der Waals surface area contributed by atoms with Gasteiger partial charge in [-0.2, -0.15) is 0 Å². The van der Waals surface area contributed by atoms with Gasteiger partial charge in [0.1, 0.15) is 0 Å². The molecule has 0 aromatic heterocycles. The van der Waals surface area contributed by atoms with E-state index < -0.39 is 0 Å². The number of nitrogens with zero attached hydrogens (tertiary/aromatic N) is 1. The van der Waals surface area contributed by atoms with Crippen LogP contribution in [0.5, 0.6) is 0 Å². The van der Waals surface area contributed by atoms with E-state index in [2.05, 4.69) is 28.2 Å². The van der Waals surface area contributed by atoms with Crippen molar-refractivity contribution in [2.45, 2.75) is 19.8 Å². The second kappa shape index (κ2) is 7.18. The molecule has 1 fully saturated rings. The molecule has 0 spiro atoms. The molecule has 2 amide bonds. The number of carbonyl (C=O) groups excluding carboxylic acids is 2. The van der Waals surface area contributed by atoms with Crippen LogP contribution in [0.15, 0.2) is 53.0 Å². The average molecular weight is 387 g/mol. The molecule has 0 radical (unpaired) electrons. The average Bonchev–Trinajstić information content (AvgIpc) is 2.98. The van der Waals surface area contributed by atoms with Gasteiger partial charge >= 0.3 is 0 Å². The summed E-state index contributed by atoms with van der Waals surface area (Å²) in [6.45, 7) is 2.49. The molecule has 24 heavy (non-hydrogen) atoms. The number of hydrogen-bond donors (Lipinski definition) is 1. The second-order valence-electron chi connectivity index (χ2n) is 5.86. The fraction of sp³-hybridized carbons (Fsp3) is 0.263. The van der Waals surface area contributed by atoms with Crippen molar-refractivity contribution in [3.05, 3.63) is 58.6 Å². The zero-order valence-corrected chi connectivity index (χ0v) is 15.0. The molecular formula is C19H19BrN2O2. The van der Waals surface area contributed by atoms with Crippen molar-refractivity contribution in [3.8, 4) is 0 Å². The Labute approximate surface area is 150 Å². The van der Waals surface area contributed by atoms with Crippen molar-refractivity contribution in [2.24, 2.45) is 5.92 Å². The number of anilines is 2. The van der Waals surface area contributed by atoms with Gasteiger partial charge in [-0.15, -0.1) is 0 Å². The Morgan fingerprint density at radius 1 is 1.21 bits per heavy atom. The van der Waals surface area contributed by atoms with Gasteiger partial charge in [0, 0.05) is 23.1 Å². The van der Waals surface area contributed by atoms with Gasteiger partial charge in [0.15, 0.2) is 0 Å². The molecule has 1 saturated heterocycles. The van der Waals surface area contributed by atoms with Gasteiger partial charge in [-0.1, -0.05) is 37.3 Å². The Balaban J connectivity index is 1.75. The molecular weight excluding hydrogens is 368 g/mol. The van der Waals surface area contributed by atoms with Gasteiger partial charge in [0.05, 0.1) is 11.6 Å². The fourth-order valence-corrected chi connectivity index (χ4v) is 3.37. The van der Waals surface area contributed by atoms with Crippen LogP contribution in [-0.4, -0.2) is 18.4 Å². The third-order valence-corrected chi connectivity index (χ3v) is 4.98. The normalized spacial score (nSPS) is 17.2. The Morgan fingerprint density at radius 3 is 2.67 bits per heavy atom. The molecule has 3 rings (SSSR count). The summed E-state index contributed by atoms with van der Waals surface area (Å²) in [5.74, 6) is -0.454. The zero-order chi connectivity index (χ0) is 17.1. The lowest BCUT2D eigenvalue weighted by Gasteiger charge is -2.20. The number of benzene rings is 2. The number of rotatable bonds is 4. The van der Waals surface area contributed by atoms with Crippen LogP contribution in [0.4, 0.5) is 11.4 Å². The summed E-state index contributed by atoms with van der Waals surface area (Å²) < 4.78 is 0.829. The number of amides is 2. The van der Waals surface area contributed by atoms with Gasteiger partial charge in [0.25, 0.3) is 0 Å². The van der Waals surface area contributed by atoms with Gasteiger partial charge in [-0.25, -0.2) is 0 Å². The minimum Gasteiger partial charge on any atom is -0.325 e. The predicted molar refractivity (Wildman–Crippen MR) is 99.1 cm³/mol. The highest BCUT2D eigenvalue weighted by Gasteiger charge is 2.35. The summed E-state index contributed by atoms with van der Waals surface area (Å²) in [7, 11) is 0. The highest BCUT2D eigenvalue weighted by atomic mass is 79.9. The summed E-state index contributed by atoms with van der Waals surface area (Å²) in [5.41, 5.74) is 2.77. The lowest BCUT2D eigenvalue weighted by Crippen LogP contribution is -2.28. The smallest absolute Gasteiger partial charge is 0.229 e. The van der Waals surface area contributed by atoms with Crippen molar-refractivity contribution in [3.63, 3.8) is 0 Å². The van der Waals surface area contributed by atoms with E-state index in [1.807, 2.05) is 48.5 Å². The third-order valence-electron chi connectivity index (χ3n) is 4.29. The Hall–Kier alpha value is -2.14. The van der Waals surface area contributed by atoms with Crippen molar-refractivity contribution in [2.75, 3.05) is 16.8 Å². The zero-order valence-electron chi connectivity index (χ0n) is 13.5. The molecule has 2 aromatic rings. The molecule has 1 N–H and O–H groups in total. The molecule has 1 aliphatic rings. The third kappa shape index (κ3) is 3.36. The van der Waals surface area contributed by atoms with E-state index >= 15 is 0 Å². The maximum atomic E-state index is 12.5. The van der Waals surface area contributed by atoms with Gasteiger partial charge < -0.3 is 10.2 Å². The Bertz CT molecular complexity index is 775. The molecule has 5 heteroatoms. The van der Waals surface area contributed by atoms with E-state index in [1.54, 1.807) is 4.90 Å². The quantitative estimate of drug-likeness (QED) is 0.862. The van der Waals surface area contributed by atoms with Crippen LogP contribution in [-0.2, 0) is 16.0 Å². The first-order valence-electron chi connectivity index (χ1n) is 8.03. The van der Waals surface area contributed by atoms with Crippen LogP contribution in [0.1, 0.15) is 18.9 Å². The SMILES string of the molecule is CCc1ccccc1N1CC(C(=O)Nc2ccccc2Br)CC1=O. The maximum Gasteiger partial charge on any atom is 0.229 e. The van der Waals surface area contributed by atoms with E-state index in [0.717, 1.165) is 27.8 Å². The fourth-order valence-electron chi connectivity index (χ4n) is 2.99. The summed E-state index contributed by atoms with van der Waals surface area (Å²) in [5, 5.41) is 2.91. The largest absolute Gasteiger partial charge is 0.325 e. The molecule has 1 unspecified atom stereocenters. The summed E-state index contributed by atoms with van der Waals surface area (Å²) in [4.78, 5) is 26.7. The number of nitrogens with one attached hydrogen (secondary N) is 1. The van der Waals surface area contributed by atoms with E-state index in [4.69, 9.17) is 0 Å². The van der Waals surface area contributed by atoms with Crippen LogP contribution in [0.2, 0.25) is 0 Å². The first-order valence-corrected chi connectivity index (χ1v) is 8.83. The van der Waals surface area contributed by atoms with Crippen molar-refractivity contribution in [1.82, 2.24) is 0 Å². The van der Waals surface area contributed by atoms with Crippen LogP contribution in [0.25, 0.3) is 0 Å². The standard InChI is InChI=1S/C19H19BrN2O2/c1-2-13-7-3-6-10-17(13)22-12-14(11-18(22)23)19(24)21-16-9-5-4-8-15(16)20/h3-10,14H,2,11-12H2,1H3,(H,21,24). The van der Waals surface area contributed by atoms with E-state index in [9.17, 15) is 9.59 Å². The number of carbonyl (C=O) groups is 2. The number of aryl methyl sites for hydroxylation is 1. The molecule has 1 heterocycles.